The molecule has 3 aliphatic rings. The molecule has 0 spiro atoms. The molecule has 3 N–H and O–H groups in total. The van der Waals surface area contributed by atoms with Crippen LogP contribution in [0.1, 0.15) is 48.9 Å². The van der Waals surface area contributed by atoms with Crippen LogP contribution >= 0.6 is 24.8 Å². The van der Waals surface area contributed by atoms with Crippen LogP contribution in [0.5, 0.6) is 0 Å². The lowest BCUT2D eigenvalue weighted by atomic mass is 9.98. The SMILES string of the molecule is Cl.Cl.NC1C[C@H]2CC[C@@H](C1)N2c1ccc(C(=O)NC2CC2)cn1. The number of hydrogen-bond donors (Lipinski definition) is 2. The van der Waals surface area contributed by atoms with Gasteiger partial charge in [0.2, 0.25) is 0 Å². The van der Waals surface area contributed by atoms with E-state index < -0.39 is 0 Å². The van der Waals surface area contributed by atoms with E-state index in [2.05, 4.69) is 15.2 Å². The van der Waals surface area contributed by atoms with E-state index in [-0.39, 0.29) is 30.7 Å². The highest BCUT2D eigenvalue weighted by molar-refractivity contribution is 5.94. The molecule has 0 aromatic carbocycles. The summed E-state index contributed by atoms with van der Waals surface area (Å²) in [5.41, 5.74) is 6.77. The molecule has 2 aliphatic heterocycles. The molecule has 7 heteroatoms. The summed E-state index contributed by atoms with van der Waals surface area (Å²) in [6.07, 6.45) is 8.46. The first-order chi connectivity index (χ1) is 10.2. The predicted molar refractivity (Wildman–Crippen MR) is 95.7 cm³/mol. The number of pyridine rings is 1. The van der Waals surface area contributed by atoms with Crippen molar-refractivity contribution >= 4 is 36.5 Å². The molecule has 1 unspecified atom stereocenters. The lowest BCUT2D eigenvalue weighted by Crippen LogP contribution is -2.47. The Kier molecular flexibility index (Phi) is 5.76. The van der Waals surface area contributed by atoms with Gasteiger partial charge in [0, 0.05) is 30.4 Å². The van der Waals surface area contributed by atoms with Gasteiger partial charge in [-0.2, -0.15) is 0 Å². The smallest absolute Gasteiger partial charge is 0.253 e. The van der Waals surface area contributed by atoms with E-state index >= 15 is 0 Å². The van der Waals surface area contributed by atoms with E-state index in [1.807, 2.05) is 12.1 Å². The van der Waals surface area contributed by atoms with Crippen molar-refractivity contribution in [2.24, 2.45) is 5.73 Å². The van der Waals surface area contributed by atoms with Crippen LogP contribution in [-0.4, -0.2) is 35.1 Å². The normalized spacial score (nSPS) is 28.6. The fraction of sp³-hybridized carbons (Fsp3) is 0.625. The maximum atomic E-state index is 12.0. The molecule has 1 saturated carbocycles. The van der Waals surface area contributed by atoms with E-state index in [0.29, 0.717) is 29.7 Å². The van der Waals surface area contributed by atoms with Gasteiger partial charge in [0.25, 0.3) is 5.91 Å². The van der Waals surface area contributed by atoms with Crippen molar-refractivity contribution in [2.45, 2.75) is 62.7 Å². The zero-order chi connectivity index (χ0) is 14.4. The molecule has 2 saturated heterocycles. The Bertz CT molecular complexity index is 536. The summed E-state index contributed by atoms with van der Waals surface area (Å²) in [6, 6.07) is 5.66. The Balaban J connectivity index is 0.000000960. The fourth-order valence-electron chi connectivity index (χ4n) is 3.76. The largest absolute Gasteiger partial charge is 0.351 e. The van der Waals surface area contributed by atoms with E-state index in [0.717, 1.165) is 31.5 Å². The third kappa shape index (κ3) is 3.73. The minimum atomic E-state index is 0. The Morgan fingerprint density at radius 1 is 1.13 bits per heavy atom. The molecule has 4 rings (SSSR count). The van der Waals surface area contributed by atoms with Crippen LogP contribution in [-0.2, 0) is 0 Å². The van der Waals surface area contributed by atoms with Crippen molar-refractivity contribution in [3.8, 4) is 0 Å². The van der Waals surface area contributed by atoms with E-state index in [4.69, 9.17) is 5.73 Å². The summed E-state index contributed by atoms with van der Waals surface area (Å²) >= 11 is 0. The topological polar surface area (TPSA) is 71.2 Å². The minimum Gasteiger partial charge on any atom is -0.351 e. The van der Waals surface area contributed by atoms with Gasteiger partial charge in [0.05, 0.1) is 5.56 Å². The highest BCUT2D eigenvalue weighted by Crippen LogP contribution is 2.37. The number of nitrogens with one attached hydrogen (secondary N) is 1. The summed E-state index contributed by atoms with van der Waals surface area (Å²) in [6.45, 7) is 0. The van der Waals surface area contributed by atoms with Gasteiger partial charge in [-0.1, -0.05) is 0 Å². The Hall–Kier alpha value is -1.04. The van der Waals surface area contributed by atoms with Gasteiger partial charge in [0.15, 0.2) is 0 Å². The van der Waals surface area contributed by atoms with Gasteiger partial charge < -0.3 is 16.0 Å². The summed E-state index contributed by atoms with van der Waals surface area (Å²) in [5, 5.41) is 3.00. The predicted octanol–water partition coefficient (Wildman–Crippen LogP) is 2.28. The lowest BCUT2D eigenvalue weighted by Gasteiger charge is -2.38. The molecule has 1 aromatic heterocycles. The maximum absolute atomic E-state index is 12.0. The number of aromatic nitrogens is 1. The van der Waals surface area contributed by atoms with Gasteiger partial charge in [-0.25, -0.2) is 4.98 Å². The molecule has 3 atom stereocenters. The number of nitrogens with two attached hydrogens (primary N) is 1. The third-order valence-corrected chi connectivity index (χ3v) is 4.96. The lowest BCUT2D eigenvalue weighted by molar-refractivity contribution is 0.0950. The molecule has 5 nitrogen and oxygen atoms in total. The standard InChI is InChI=1S/C16H22N4O.2ClH/c17-11-7-13-4-5-14(8-11)20(13)15-6-1-10(9-18-15)16(21)19-12-2-3-12;;/h1,6,9,11-14H,2-5,7-8,17H2,(H,19,21);2*1H/t11?,13-,14+;;. The van der Waals surface area contributed by atoms with Gasteiger partial charge >= 0.3 is 0 Å². The highest BCUT2D eigenvalue weighted by atomic mass is 35.5. The molecule has 1 aromatic rings. The number of anilines is 1. The number of rotatable bonds is 3. The first-order valence-electron chi connectivity index (χ1n) is 8.01. The summed E-state index contributed by atoms with van der Waals surface area (Å²) in [7, 11) is 0. The van der Waals surface area contributed by atoms with Crippen molar-refractivity contribution in [3.63, 3.8) is 0 Å². The summed E-state index contributed by atoms with van der Waals surface area (Å²) in [4.78, 5) is 18.9. The molecule has 1 aliphatic carbocycles. The molecular formula is C16H24Cl2N4O. The molecule has 0 radical (unpaired) electrons. The van der Waals surface area contributed by atoms with Crippen LogP contribution in [0.15, 0.2) is 18.3 Å². The van der Waals surface area contributed by atoms with Crippen LogP contribution in [0.4, 0.5) is 5.82 Å². The highest BCUT2D eigenvalue weighted by Gasteiger charge is 2.40. The van der Waals surface area contributed by atoms with E-state index in [9.17, 15) is 4.79 Å². The van der Waals surface area contributed by atoms with Crippen LogP contribution in [0.3, 0.4) is 0 Å². The van der Waals surface area contributed by atoms with E-state index in [1.54, 1.807) is 6.20 Å². The second-order valence-electron chi connectivity index (χ2n) is 6.68. The number of hydrogen-bond acceptors (Lipinski definition) is 4. The van der Waals surface area contributed by atoms with Gasteiger partial charge in [-0.15, -0.1) is 24.8 Å². The molecule has 3 heterocycles. The Morgan fingerprint density at radius 3 is 2.30 bits per heavy atom. The number of nitrogens with zero attached hydrogens (tertiary/aromatic N) is 2. The van der Waals surface area contributed by atoms with Crippen molar-refractivity contribution in [2.75, 3.05) is 4.90 Å². The first-order valence-corrected chi connectivity index (χ1v) is 8.01. The monoisotopic (exact) mass is 358 g/mol. The third-order valence-electron chi connectivity index (χ3n) is 4.96. The maximum Gasteiger partial charge on any atom is 0.253 e. The second-order valence-corrected chi connectivity index (χ2v) is 6.68. The van der Waals surface area contributed by atoms with Crippen LogP contribution in [0.25, 0.3) is 0 Å². The van der Waals surface area contributed by atoms with Crippen molar-refractivity contribution < 1.29 is 4.79 Å². The van der Waals surface area contributed by atoms with Crippen molar-refractivity contribution in [3.05, 3.63) is 23.9 Å². The van der Waals surface area contributed by atoms with Gasteiger partial charge in [-0.3, -0.25) is 4.79 Å². The van der Waals surface area contributed by atoms with Crippen LogP contribution < -0.4 is 16.0 Å². The van der Waals surface area contributed by atoms with Crippen molar-refractivity contribution in [1.82, 2.24) is 10.3 Å². The summed E-state index contributed by atoms with van der Waals surface area (Å²) in [5.74, 6) is 0.998. The Labute approximate surface area is 149 Å². The van der Waals surface area contributed by atoms with E-state index in [1.165, 1.54) is 12.8 Å². The Morgan fingerprint density at radius 2 is 1.78 bits per heavy atom. The summed E-state index contributed by atoms with van der Waals surface area (Å²) < 4.78 is 0. The number of carbonyl (C=O) groups excluding carboxylic acids is 1. The quantitative estimate of drug-likeness (QED) is 0.869. The molecular weight excluding hydrogens is 335 g/mol. The van der Waals surface area contributed by atoms with Crippen LogP contribution in [0.2, 0.25) is 0 Å². The van der Waals surface area contributed by atoms with Gasteiger partial charge in [-0.05, 0) is 50.7 Å². The number of piperidine rings is 1. The fourth-order valence-corrected chi connectivity index (χ4v) is 3.76. The first kappa shape index (κ1) is 18.3. The number of carbonyl (C=O) groups is 1. The van der Waals surface area contributed by atoms with Crippen LogP contribution in [0, 0.1) is 0 Å². The van der Waals surface area contributed by atoms with Gasteiger partial charge in [0.1, 0.15) is 5.82 Å². The molecule has 23 heavy (non-hydrogen) atoms. The average Bonchev–Trinajstić information content (AvgIpc) is 3.24. The number of halogens is 2. The average molecular weight is 359 g/mol. The molecule has 3 fully saturated rings. The molecule has 2 bridgehead atoms. The zero-order valence-corrected chi connectivity index (χ0v) is 14.6. The second kappa shape index (κ2) is 7.24. The molecule has 128 valence electrons. The minimum absolute atomic E-state index is 0. The molecule has 1 amide bonds. The number of amides is 1. The van der Waals surface area contributed by atoms with Crippen molar-refractivity contribution in [1.29, 1.82) is 0 Å². The number of fused-ring (bicyclic) bond motifs is 2. The zero-order valence-electron chi connectivity index (χ0n) is 13.0.